The summed E-state index contributed by atoms with van der Waals surface area (Å²) in [5.41, 5.74) is 5.92. The molecule has 1 aliphatic carbocycles. The largest absolute Gasteiger partial charge is 0.297 e. The van der Waals surface area contributed by atoms with Gasteiger partial charge in [-0.1, -0.05) is 42.8 Å². The third-order valence-electron chi connectivity index (χ3n) is 4.84. The van der Waals surface area contributed by atoms with Gasteiger partial charge in [0.15, 0.2) is 5.11 Å². The molecule has 2 aromatic carbocycles. The lowest BCUT2D eigenvalue weighted by atomic mass is 9.88. The summed E-state index contributed by atoms with van der Waals surface area (Å²) in [5.74, 6) is 0. The van der Waals surface area contributed by atoms with Gasteiger partial charge in [-0.25, -0.2) is 10.4 Å². The maximum Gasteiger partial charge on any atom is 0.197 e. The average molecular weight is 323 g/mol. The van der Waals surface area contributed by atoms with Gasteiger partial charge in [-0.2, -0.15) is 0 Å². The van der Waals surface area contributed by atoms with Crippen LogP contribution in [0.5, 0.6) is 0 Å². The van der Waals surface area contributed by atoms with Crippen molar-refractivity contribution in [2.75, 3.05) is 9.91 Å². The molecule has 1 saturated heterocycles. The van der Waals surface area contributed by atoms with Crippen LogP contribution in [0.1, 0.15) is 32.1 Å². The van der Waals surface area contributed by atoms with Gasteiger partial charge in [-0.05, 0) is 62.2 Å². The first-order valence-corrected chi connectivity index (χ1v) is 8.73. The Hall–Kier alpha value is -1.91. The highest BCUT2D eigenvalue weighted by Gasteiger charge is 2.48. The molecular weight excluding hydrogens is 302 g/mol. The second-order valence-corrected chi connectivity index (χ2v) is 6.69. The molecule has 2 aromatic rings. The maximum absolute atomic E-state index is 5.87. The van der Waals surface area contributed by atoms with Crippen molar-refractivity contribution in [1.29, 1.82) is 0 Å². The van der Waals surface area contributed by atoms with Gasteiger partial charge in [-0.15, -0.1) is 0 Å². The Kier molecular flexibility index (Phi) is 3.79. The Balaban J connectivity index is 1.76. The molecule has 23 heavy (non-hydrogen) atoms. The molecule has 2 aliphatic rings. The minimum Gasteiger partial charge on any atom is -0.297 e. The molecule has 0 atom stereocenters. The van der Waals surface area contributed by atoms with E-state index in [1.807, 2.05) is 6.07 Å². The number of anilines is 2. The smallest absolute Gasteiger partial charge is 0.197 e. The van der Waals surface area contributed by atoms with E-state index >= 15 is 0 Å². The molecule has 0 bridgehead atoms. The van der Waals surface area contributed by atoms with Gasteiger partial charge < -0.3 is 0 Å². The summed E-state index contributed by atoms with van der Waals surface area (Å²) in [5, 5.41) is 2.91. The van der Waals surface area contributed by atoms with Crippen molar-refractivity contribution in [2.45, 2.75) is 37.8 Å². The first kappa shape index (κ1) is 14.7. The Morgan fingerprint density at radius 2 is 1.35 bits per heavy atom. The van der Waals surface area contributed by atoms with Crippen molar-refractivity contribution in [3.8, 4) is 0 Å². The molecule has 1 aliphatic heterocycles. The fourth-order valence-electron chi connectivity index (χ4n) is 3.75. The van der Waals surface area contributed by atoms with Crippen LogP contribution in [0.2, 0.25) is 0 Å². The summed E-state index contributed by atoms with van der Waals surface area (Å²) >= 11 is 5.87. The van der Waals surface area contributed by atoms with E-state index in [4.69, 9.17) is 12.2 Å². The van der Waals surface area contributed by atoms with E-state index < -0.39 is 0 Å². The molecule has 118 valence electrons. The first-order valence-electron chi connectivity index (χ1n) is 8.32. The molecule has 3 nitrogen and oxygen atoms in total. The van der Waals surface area contributed by atoms with E-state index in [1.54, 1.807) is 0 Å². The number of rotatable bonds is 2. The molecule has 1 saturated carbocycles. The van der Waals surface area contributed by atoms with Crippen molar-refractivity contribution in [3.05, 3.63) is 60.7 Å². The Bertz CT molecular complexity index is 680. The number of benzene rings is 2. The molecule has 1 spiro atoms. The third-order valence-corrected chi connectivity index (χ3v) is 5.21. The number of thiocarbonyl (C=S) groups is 1. The first-order chi connectivity index (χ1) is 11.3. The predicted molar refractivity (Wildman–Crippen MR) is 99.4 cm³/mol. The minimum absolute atomic E-state index is 0.0907. The number of hydrogen-bond acceptors (Lipinski definition) is 2. The van der Waals surface area contributed by atoms with Gasteiger partial charge in [0.25, 0.3) is 0 Å². The van der Waals surface area contributed by atoms with Crippen LogP contribution < -0.4 is 15.3 Å². The summed E-state index contributed by atoms with van der Waals surface area (Å²) in [6.07, 6.45) is 6.02. The fourth-order valence-corrected chi connectivity index (χ4v) is 4.18. The van der Waals surface area contributed by atoms with E-state index in [0.29, 0.717) is 0 Å². The Morgan fingerprint density at radius 1 is 0.783 bits per heavy atom. The topological polar surface area (TPSA) is 18.5 Å². The molecule has 0 amide bonds. The average Bonchev–Trinajstić information content (AvgIpc) is 2.89. The monoisotopic (exact) mass is 323 g/mol. The zero-order chi connectivity index (χ0) is 15.7. The molecule has 0 radical (unpaired) electrons. The number of nitrogens with one attached hydrogen (secondary N) is 1. The maximum atomic E-state index is 5.87. The summed E-state index contributed by atoms with van der Waals surface area (Å²) in [6.45, 7) is 0. The van der Waals surface area contributed by atoms with Gasteiger partial charge in [0, 0.05) is 5.69 Å². The Labute approximate surface area is 142 Å². The minimum atomic E-state index is -0.0907. The lowest BCUT2D eigenvalue weighted by Crippen LogP contribution is -2.54. The standard InChI is InChI=1S/C19H21N3S/c23-18-21(16-10-4-1-5-11-16)19(14-8-3-9-15-19)20-22(18)17-12-6-2-7-13-17/h1-2,4-7,10-13,20H,3,8-9,14-15H2. The predicted octanol–water partition coefficient (Wildman–Crippen LogP) is 4.46. The van der Waals surface area contributed by atoms with E-state index in [0.717, 1.165) is 23.6 Å². The van der Waals surface area contributed by atoms with E-state index in [-0.39, 0.29) is 5.66 Å². The molecule has 4 rings (SSSR count). The highest BCUT2D eigenvalue weighted by atomic mass is 32.1. The molecule has 0 unspecified atom stereocenters. The van der Waals surface area contributed by atoms with Gasteiger partial charge >= 0.3 is 0 Å². The SMILES string of the molecule is S=C1N(c2ccccc2)NC2(CCCCC2)N1c1ccccc1. The highest BCUT2D eigenvalue weighted by molar-refractivity contribution is 7.80. The number of hydrazine groups is 1. The van der Waals surface area contributed by atoms with Crippen LogP contribution in [-0.2, 0) is 0 Å². The second-order valence-electron chi connectivity index (χ2n) is 6.33. The third kappa shape index (κ3) is 2.52. The zero-order valence-electron chi connectivity index (χ0n) is 13.1. The lowest BCUT2D eigenvalue weighted by Gasteiger charge is -2.40. The van der Waals surface area contributed by atoms with E-state index in [9.17, 15) is 0 Å². The molecule has 1 heterocycles. The quantitative estimate of drug-likeness (QED) is 0.822. The van der Waals surface area contributed by atoms with Crippen molar-refractivity contribution in [3.63, 3.8) is 0 Å². The molecule has 0 aromatic heterocycles. The second kappa shape index (κ2) is 5.95. The van der Waals surface area contributed by atoms with Crippen LogP contribution in [-0.4, -0.2) is 10.8 Å². The van der Waals surface area contributed by atoms with Gasteiger partial charge in [0.05, 0.1) is 5.69 Å². The molecule has 4 heteroatoms. The molecule has 1 N–H and O–H groups in total. The Morgan fingerprint density at radius 3 is 1.96 bits per heavy atom. The molecular formula is C19H21N3S. The zero-order valence-corrected chi connectivity index (χ0v) is 13.9. The lowest BCUT2D eigenvalue weighted by molar-refractivity contribution is 0.265. The number of hydrogen-bond donors (Lipinski definition) is 1. The van der Waals surface area contributed by atoms with Crippen LogP contribution in [0.25, 0.3) is 0 Å². The summed E-state index contributed by atoms with van der Waals surface area (Å²) in [4.78, 5) is 2.33. The molecule has 2 fully saturated rings. The van der Waals surface area contributed by atoms with Crippen molar-refractivity contribution >= 4 is 28.7 Å². The summed E-state index contributed by atoms with van der Waals surface area (Å²) in [6, 6.07) is 20.9. The van der Waals surface area contributed by atoms with E-state index in [2.05, 4.69) is 69.9 Å². The number of nitrogens with zero attached hydrogens (tertiary/aromatic N) is 2. The van der Waals surface area contributed by atoms with Crippen LogP contribution in [0.15, 0.2) is 60.7 Å². The van der Waals surface area contributed by atoms with Crippen molar-refractivity contribution < 1.29 is 0 Å². The summed E-state index contributed by atoms with van der Waals surface area (Å²) < 4.78 is 0. The van der Waals surface area contributed by atoms with E-state index in [1.165, 1.54) is 24.9 Å². The normalized spacial score (nSPS) is 20.3. The highest BCUT2D eigenvalue weighted by Crippen LogP contribution is 2.40. The van der Waals surface area contributed by atoms with Crippen molar-refractivity contribution in [2.24, 2.45) is 0 Å². The van der Waals surface area contributed by atoms with Gasteiger partial charge in [-0.3, -0.25) is 4.90 Å². The van der Waals surface area contributed by atoms with Gasteiger partial charge in [0.1, 0.15) is 5.66 Å². The van der Waals surface area contributed by atoms with Crippen LogP contribution in [0, 0.1) is 0 Å². The van der Waals surface area contributed by atoms with Gasteiger partial charge in [0.2, 0.25) is 0 Å². The van der Waals surface area contributed by atoms with Crippen LogP contribution >= 0.6 is 12.2 Å². The summed E-state index contributed by atoms with van der Waals surface area (Å²) in [7, 11) is 0. The van der Waals surface area contributed by atoms with Crippen LogP contribution in [0.4, 0.5) is 11.4 Å². The van der Waals surface area contributed by atoms with Crippen molar-refractivity contribution in [1.82, 2.24) is 5.43 Å². The number of para-hydroxylation sites is 2. The van der Waals surface area contributed by atoms with Crippen LogP contribution in [0.3, 0.4) is 0 Å². The fraction of sp³-hybridized carbons (Fsp3) is 0.316.